The number of methoxy groups -OCH3 is 1. The van der Waals surface area contributed by atoms with Crippen molar-refractivity contribution >= 4 is 0 Å². The van der Waals surface area contributed by atoms with Crippen molar-refractivity contribution in [2.75, 3.05) is 33.5 Å². The van der Waals surface area contributed by atoms with Gasteiger partial charge in [0.1, 0.15) is 0 Å². The van der Waals surface area contributed by atoms with Crippen molar-refractivity contribution in [1.82, 2.24) is 0 Å². The normalized spacial score (nSPS) is 27.0. The summed E-state index contributed by atoms with van der Waals surface area (Å²) in [5.41, 5.74) is 5.51. The van der Waals surface area contributed by atoms with Crippen molar-refractivity contribution in [3.8, 4) is 0 Å². The van der Waals surface area contributed by atoms with Crippen LogP contribution in [0.2, 0.25) is 0 Å². The summed E-state index contributed by atoms with van der Waals surface area (Å²) in [7, 11) is 1.70. The Morgan fingerprint density at radius 3 is 2.71 bits per heavy atom. The van der Waals surface area contributed by atoms with E-state index in [1.54, 1.807) is 7.11 Å². The average Bonchev–Trinajstić information content (AvgIpc) is 2.65. The molecule has 4 nitrogen and oxygen atoms in total. The maximum atomic E-state index is 5.64. The quantitative estimate of drug-likeness (QED) is 0.614. The SMILES string of the molecule is COCCCOCC1CCC(CN)O1. The molecule has 1 aliphatic heterocycles. The van der Waals surface area contributed by atoms with Gasteiger partial charge in [-0.3, -0.25) is 0 Å². The molecule has 1 aliphatic rings. The van der Waals surface area contributed by atoms with Crippen LogP contribution < -0.4 is 5.73 Å². The standard InChI is InChI=1S/C10H21NO3/c1-12-5-2-6-13-8-10-4-3-9(7-11)14-10/h9-10H,2-8,11H2,1H3. The molecule has 0 aromatic carbocycles. The predicted octanol–water partition coefficient (Wildman–Crippen LogP) is 0.546. The highest BCUT2D eigenvalue weighted by molar-refractivity contribution is 4.73. The summed E-state index contributed by atoms with van der Waals surface area (Å²) in [6.07, 6.45) is 3.60. The van der Waals surface area contributed by atoms with Gasteiger partial charge in [0.25, 0.3) is 0 Å². The van der Waals surface area contributed by atoms with Gasteiger partial charge in [-0.2, -0.15) is 0 Å². The van der Waals surface area contributed by atoms with Crippen molar-refractivity contribution in [3.63, 3.8) is 0 Å². The van der Waals surface area contributed by atoms with E-state index in [1.165, 1.54) is 0 Å². The summed E-state index contributed by atoms with van der Waals surface area (Å²) in [6, 6.07) is 0. The van der Waals surface area contributed by atoms with Gasteiger partial charge in [-0.25, -0.2) is 0 Å². The van der Waals surface area contributed by atoms with E-state index in [1.807, 2.05) is 0 Å². The smallest absolute Gasteiger partial charge is 0.0813 e. The summed E-state index contributed by atoms with van der Waals surface area (Å²) in [5.74, 6) is 0. The zero-order valence-electron chi connectivity index (χ0n) is 8.91. The molecule has 4 heteroatoms. The Labute approximate surface area is 85.7 Å². The molecule has 0 aromatic heterocycles. The Kier molecular flexibility index (Phi) is 6.10. The topological polar surface area (TPSA) is 53.7 Å². The van der Waals surface area contributed by atoms with Crippen molar-refractivity contribution in [3.05, 3.63) is 0 Å². The van der Waals surface area contributed by atoms with Crippen LogP contribution in [-0.4, -0.2) is 45.7 Å². The Balaban J connectivity index is 1.92. The van der Waals surface area contributed by atoms with Gasteiger partial charge >= 0.3 is 0 Å². The molecule has 2 unspecified atom stereocenters. The van der Waals surface area contributed by atoms with Crippen molar-refractivity contribution < 1.29 is 14.2 Å². The van der Waals surface area contributed by atoms with Crippen LogP contribution in [0.3, 0.4) is 0 Å². The third-order valence-corrected chi connectivity index (χ3v) is 2.40. The Morgan fingerprint density at radius 2 is 2.07 bits per heavy atom. The third kappa shape index (κ3) is 4.37. The van der Waals surface area contributed by atoms with Crippen LogP contribution in [0.25, 0.3) is 0 Å². The largest absolute Gasteiger partial charge is 0.385 e. The van der Waals surface area contributed by atoms with E-state index in [9.17, 15) is 0 Å². The number of nitrogens with two attached hydrogens (primary N) is 1. The van der Waals surface area contributed by atoms with Crippen molar-refractivity contribution in [1.29, 1.82) is 0 Å². The fraction of sp³-hybridized carbons (Fsp3) is 1.00. The molecular weight excluding hydrogens is 182 g/mol. The molecule has 14 heavy (non-hydrogen) atoms. The molecule has 2 atom stereocenters. The van der Waals surface area contributed by atoms with E-state index in [-0.39, 0.29) is 12.2 Å². The summed E-state index contributed by atoms with van der Waals surface area (Å²) < 4.78 is 16.0. The average molecular weight is 203 g/mol. The molecule has 0 aromatic rings. The number of ether oxygens (including phenoxy) is 3. The molecular formula is C10H21NO3. The lowest BCUT2D eigenvalue weighted by atomic mass is 10.2. The molecule has 0 saturated carbocycles. The number of hydrogen-bond donors (Lipinski definition) is 1. The van der Waals surface area contributed by atoms with Crippen LogP contribution in [0.15, 0.2) is 0 Å². The second-order valence-corrected chi connectivity index (χ2v) is 3.61. The van der Waals surface area contributed by atoms with Gasteiger partial charge in [0.15, 0.2) is 0 Å². The first kappa shape index (κ1) is 11.9. The van der Waals surface area contributed by atoms with Crippen LogP contribution in [-0.2, 0) is 14.2 Å². The predicted molar refractivity (Wildman–Crippen MR) is 54.3 cm³/mol. The molecule has 0 bridgehead atoms. The van der Waals surface area contributed by atoms with Crippen molar-refractivity contribution in [2.45, 2.75) is 31.5 Å². The van der Waals surface area contributed by atoms with Gasteiger partial charge in [0.05, 0.1) is 18.8 Å². The molecule has 84 valence electrons. The molecule has 1 saturated heterocycles. The van der Waals surface area contributed by atoms with E-state index in [0.29, 0.717) is 13.2 Å². The van der Waals surface area contributed by atoms with Gasteiger partial charge < -0.3 is 19.9 Å². The maximum Gasteiger partial charge on any atom is 0.0813 e. The zero-order chi connectivity index (χ0) is 10.2. The van der Waals surface area contributed by atoms with E-state index < -0.39 is 0 Å². The first-order valence-corrected chi connectivity index (χ1v) is 5.29. The van der Waals surface area contributed by atoms with Crippen molar-refractivity contribution in [2.24, 2.45) is 5.73 Å². The van der Waals surface area contributed by atoms with E-state index in [2.05, 4.69) is 0 Å². The summed E-state index contributed by atoms with van der Waals surface area (Å²) in [5, 5.41) is 0. The third-order valence-electron chi connectivity index (χ3n) is 2.40. The minimum absolute atomic E-state index is 0.252. The first-order chi connectivity index (χ1) is 6.86. The molecule has 1 heterocycles. The second-order valence-electron chi connectivity index (χ2n) is 3.61. The fourth-order valence-corrected chi connectivity index (χ4v) is 1.60. The van der Waals surface area contributed by atoms with Crippen LogP contribution in [0.1, 0.15) is 19.3 Å². The van der Waals surface area contributed by atoms with E-state index in [4.69, 9.17) is 19.9 Å². The molecule has 0 radical (unpaired) electrons. The summed E-state index contributed by atoms with van der Waals surface area (Å²) >= 11 is 0. The molecule has 1 fully saturated rings. The lowest BCUT2D eigenvalue weighted by Gasteiger charge is -2.12. The number of rotatable bonds is 7. The molecule has 0 aliphatic carbocycles. The zero-order valence-corrected chi connectivity index (χ0v) is 8.91. The molecule has 0 spiro atoms. The highest BCUT2D eigenvalue weighted by atomic mass is 16.5. The van der Waals surface area contributed by atoms with Crippen LogP contribution in [0.4, 0.5) is 0 Å². The Morgan fingerprint density at radius 1 is 1.29 bits per heavy atom. The van der Waals surface area contributed by atoms with Gasteiger partial charge in [0.2, 0.25) is 0 Å². The number of hydrogen-bond acceptors (Lipinski definition) is 4. The van der Waals surface area contributed by atoms with Gasteiger partial charge in [0, 0.05) is 26.9 Å². The molecule has 2 N–H and O–H groups in total. The Hall–Kier alpha value is -0.160. The lowest BCUT2D eigenvalue weighted by molar-refractivity contribution is -0.0151. The van der Waals surface area contributed by atoms with Crippen LogP contribution >= 0.6 is 0 Å². The Bertz CT molecular complexity index is 143. The first-order valence-electron chi connectivity index (χ1n) is 5.29. The molecule has 1 rings (SSSR count). The highest BCUT2D eigenvalue weighted by Crippen LogP contribution is 2.18. The maximum absolute atomic E-state index is 5.64. The minimum Gasteiger partial charge on any atom is -0.385 e. The van der Waals surface area contributed by atoms with Crippen LogP contribution in [0.5, 0.6) is 0 Å². The van der Waals surface area contributed by atoms with Gasteiger partial charge in [-0.15, -0.1) is 0 Å². The van der Waals surface area contributed by atoms with Gasteiger partial charge in [-0.1, -0.05) is 0 Å². The monoisotopic (exact) mass is 203 g/mol. The lowest BCUT2D eigenvalue weighted by Crippen LogP contribution is -2.23. The highest BCUT2D eigenvalue weighted by Gasteiger charge is 2.23. The van der Waals surface area contributed by atoms with Gasteiger partial charge in [-0.05, 0) is 19.3 Å². The summed E-state index contributed by atoms with van der Waals surface area (Å²) in [4.78, 5) is 0. The van der Waals surface area contributed by atoms with E-state index in [0.717, 1.165) is 32.5 Å². The molecule has 0 amide bonds. The van der Waals surface area contributed by atoms with Crippen LogP contribution in [0, 0.1) is 0 Å². The summed E-state index contributed by atoms with van der Waals surface area (Å²) in [6.45, 7) is 2.83. The van der Waals surface area contributed by atoms with E-state index >= 15 is 0 Å². The fourth-order valence-electron chi connectivity index (χ4n) is 1.60. The second kappa shape index (κ2) is 7.17. The minimum atomic E-state index is 0.252.